The second-order valence-electron chi connectivity index (χ2n) is 3.48. The highest BCUT2D eigenvalue weighted by atomic mass is 14.0. The Hall–Kier alpha value is -2.26. The van der Waals surface area contributed by atoms with Crippen LogP contribution in [-0.4, -0.2) is 0 Å². The van der Waals surface area contributed by atoms with Gasteiger partial charge in [0.05, 0.1) is 0 Å². The van der Waals surface area contributed by atoms with E-state index >= 15 is 0 Å². The minimum absolute atomic E-state index is 0.909. The fraction of sp³-hybridized carbons (Fsp3) is 0. The molecule has 0 radical (unpaired) electrons. The molecule has 0 aliphatic carbocycles. The molecular formula is C16H12. The van der Waals surface area contributed by atoms with Crippen LogP contribution < -0.4 is 0 Å². The van der Waals surface area contributed by atoms with Crippen molar-refractivity contribution in [2.24, 2.45) is 0 Å². The second-order valence-corrected chi connectivity index (χ2v) is 3.48. The summed E-state index contributed by atoms with van der Waals surface area (Å²) in [6, 6.07) is 20.1. The number of benzene rings is 2. The lowest BCUT2D eigenvalue weighted by atomic mass is 10.0. The van der Waals surface area contributed by atoms with Crippen LogP contribution in [0.5, 0.6) is 0 Å². The lowest BCUT2D eigenvalue weighted by molar-refractivity contribution is 1.62. The number of terminal acetylenes is 1. The average Bonchev–Trinajstić information content (AvgIpc) is 2.38. The molecule has 0 fully saturated rings. The molecule has 0 aromatic heterocycles. The lowest BCUT2D eigenvalue weighted by Crippen LogP contribution is -1.80. The molecule has 16 heavy (non-hydrogen) atoms. The van der Waals surface area contributed by atoms with Gasteiger partial charge in [-0.1, -0.05) is 66.6 Å². The Morgan fingerprint density at radius 3 is 2.00 bits per heavy atom. The van der Waals surface area contributed by atoms with Crippen molar-refractivity contribution in [3.8, 4) is 12.3 Å². The predicted octanol–water partition coefficient (Wildman–Crippen LogP) is 3.86. The standard InChI is InChI=1S/C16H12/c1-2-15(16-11-7-4-8-12-16)13-14-9-5-3-6-10-14/h1,3-13H/b15-13-. The van der Waals surface area contributed by atoms with Crippen molar-refractivity contribution in [3.63, 3.8) is 0 Å². The van der Waals surface area contributed by atoms with Gasteiger partial charge in [-0.3, -0.25) is 0 Å². The van der Waals surface area contributed by atoms with E-state index in [0.717, 1.165) is 16.7 Å². The molecule has 0 N–H and O–H groups in total. The first kappa shape index (κ1) is 10.3. The van der Waals surface area contributed by atoms with Gasteiger partial charge in [-0.2, -0.15) is 0 Å². The van der Waals surface area contributed by atoms with Crippen molar-refractivity contribution in [1.29, 1.82) is 0 Å². The third-order valence-electron chi connectivity index (χ3n) is 2.35. The Balaban J connectivity index is 2.39. The van der Waals surface area contributed by atoms with E-state index in [9.17, 15) is 0 Å². The summed E-state index contributed by atoms with van der Waals surface area (Å²) in [4.78, 5) is 0. The Labute approximate surface area is 96.3 Å². The molecule has 0 saturated carbocycles. The fourth-order valence-electron chi connectivity index (χ4n) is 1.54. The van der Waals surface area contributed by atoms with E-state index in [1.807, 2.05) is 66.7 Å². The molecule has 0 bridgehead atoms. The van der Waals surface area contributed by atoms with Crippen LogP contribution in [0.4, 0.5) is 0 Å². The molecular weight excluding hydrogens is 192 g/mol. The highest BCUT2D eigenvalue weighted by Crippen LogP contribution is 2.16. The summed E-state index contributed by atoms with van der Waals surface area (Å²) in [6.07, 6.45) is 7.56. The van der Waals surface area contributed by atoms with E-state index in [1.54, 1.807) is 0 Å². The van der Waals surface area contributed by atoms with Gasteiger partial charge in [-0.25, -0.2) is 0 Å². The molecule has 2 aromatic carbocycles. The SMILES string of the molecule is C#C/C(=C/c1ccccc1)c1ccccc1. The van der Waals surface area contributed by atoms with Gasteiger partial charge in [-0.05, 0) is 17.2 Å². The zero-order valence-electron chi connectivity index (χ0n) is 8.93. The minimum Gasteiger partial charge on any atom is -0.115 e. The van der Waals surface area contributed by atoms with Gasteiger partial charge in [0.1, 0.15) is 0 Å². The Kier molecular flexibility index (Phi) is 3.21. The third-order valence-corrected chi connectivity index (χ3v) is 2.35. The molecule has 0 heteroatoms. The summed E-state index contributed by atoms with van der Waals surface area (Å²) in [7, 11) is 0. The zero-order valence-corrected chi connectivity index (χ0v) is 8.93. The summed E-state index contributed by atoms with van der Waals surface area (Å²) < 4.78 is 0. The minimum atomic E-state index is 0.909. The van der Waals surface area contributed by atoms with E-state index in [1.165, 1.54) is 0 Å². The first-order valence-corrected chi connectivity index (χ1v) is 5.19. The molecule has 0 aliphatic heterocycles. The number of allylic oxidation sites excluding steroid dienone is 1. The maximum absolute atomic E-state index is 5.53. The predicted molar refractivity (Wildman–Crippen MR) is 69.6 cm³/mol. The molecule has 0 heterocycles. The second kappa shape index (κ2) is 5.00. The van der Waals surface area contributed by atoms with Gasteiger partial charge in [0.15, 0.2) is 0 Å². The van der Waals surface area contributed by atoms with Crippen LogP contribution in [0.15, 0.2) is 60.7 Å². The lowest BCUT2D eigenvalue weighted by Gasteiger charge is -2.00. The Morgan fingerprint density at radius 1 is 0.875 bits per heavy atom. The maximum Gasteiger partial charge on any atom is 0.0320 e. The summed E-state index contributed by atoms with van der Waals surface area (Å²) in [5.74, 6) is 2.73. The van der Waals surface area contributed by atoms with Crippen LogP contribution in [0.1, 0.15) is 11.1 Å². The topological polar surface area (TPSA) is 0 Å². The van der Waals surface area contributed by atoms with Gasteiger partial charge < -0.3 is 0 Å². The van der Waals surface area contributed by atoms with Crippen LogP contribution >= 0.6 is 0 Å². The normalized spacial score (nSPS) is 10.8. The average molecular weight is 204 g/mol. The first-order chi connectivity index (χ1) is 7.90. The molecule has 0 aliphatic rings. The summed E-state index contributed by atoms with van der Waals surface area (Å²) in [5, 5.41) is 0. The molecule has 0 nitrogen and oxygen atoms in total. The number of rotatable bonds is 2. The molecule has 0 amide bonds. The monoisotopic (exact) mass is 204 g/mol. The molecule has 76 valence electrons. The molecule has 2 aromatic rings. The summed E-state index contributed by atoms with van der Waals surface area (Å²) in [6.45, 7) is 0. The highest BCUT2D eigenvalue weighted by molar-refractivity contribution is 5.90. The van der Waals surface area contributed by atoms with Gasteiger partial charge in [0.25, 0.3) is 0 Å². The van der Waals surface area contributed by atoms with Crippen molar-refractivity contribution >= 4 is 11.6 Å². The maximum atomic E-state index is 5.53. The smallest absolute Gasteiger partial charge is 0.0320 e. The number of hydrogen-bond acceptors (Lipinski definition) is 0. The summed E-state index contributed by atoms with van der Waals surface area (Å²) >= 11 is 0. The van der Waals surface area contributed by atoms with Gasteiger partial charge >= 0.3 is 0 Å². The van der Waals surface area contributed by atoms with Gasteiger partial charge in [0, 0.05) is 5.57 Å². The van der Waals surface area contributed by atoms with Crippen molar-refractivity contribution in [3.05, 3.63) is 71.8 Å². The molecule has 0 unspecified atom stereocenters. The van der Waals surface area contributed by atoms with Crippen molar-refractivity contribution in [2.75, 3.05) is 0 Å². The zero-order chi connectivity index (χ0) is 11.2. The quantitative estimate of drug-likeness (QED) is 0.514. The van der Waals surface area contributed by atoms with Crippen LogP contribution in [-0.2, 0) is 0 Å². The van der Waals surface area contributed by atoms with E-state index in [-0.39, 0.29) is 0 Å². The molecule has 0 atom stereocenters. The van der Waals surface area contributed by atoms with E-state index in [0.29, 0.717) is 0 Å². The van der Waals surface area contributed by atoms with Crippen LogP contribution in [0.25, 0.3) is 11.6 Å². The molecule has 2 rings (SSSR count). The van der Waals surface area contributed by atoms with Crippen molar-refractivity contribution in [1.82, 2.24) is 0 Å². The van der Waals surface area contributed by atoms with Gasteiger partial charge in [-0.15, -0.1) is 6.42 Å². The van der Waals surface area contributed by atoms with Crippen LogP contribution in [0.2, 0.25) is 0 Å². The Bertz CT molecular complexity index is 513. The van der Waals surface area contributed by atoms with Crippen LogP contribution in [0, 0.1) is 12.3 Å². The fourth-order valence-corrected chi connectivity index (χ4v) is 1.54. The van der Waals surface area contributed by atoms with E-state index in [4.69, 9.17) is 6.42 Å². The third kappa shape index (κ3) is 2.40. The van der Waals surface area contributed by atoms with Gasteiger partial charge in [0.2, 0.25) is 0 Å². The molecule has 0 spiro atoms. The van der Waals surface area contributed by atoms with E-state index < -0.39 is 0 Å². The van der Waals surface area contributed by atoms with E-state index in [2.05, 4.69) is 5.92 Å². The largest absolute Gasteiger partial charge is 0.115 e. The Morgan fingerprint density at radius 2 is 1.44 bits per heavy atom. The van der Waals surface area contributed by atoms with Crippen molar-refractivity contribution in [2.45, 2.75) is 0 Å². The van der Waals surface area contributed by atoms with Crippen molar-refractivity contribution < 1.29 is 0 Å². The number of hydrogen-bond donors (Lipinski definition) is 0. The first-order valence-electron chi connectivity index (χ1n) is 5.19. The highest BCUT2D eigenvalue weighted by Gasteiger charge is 1.96. The van der Waals surface area contributed by atoms with Crippen LogP contribution in [0.3, 0.4) is 0 Å². The molecule has 0 saturated heterocycles. The summed E-state index contributed by atoms with van der Waals surface area (Å²) in [5.41, 5.74) is 3.11.